The van der Waals surface area contributed by atoms with Gasteiger partial charge in [0.05, 0.1) is 31.8 Å². The van der Waals surface area contributed by atoms with Gasteiger partial charge in [-0.15, -0.1) is 0 Å². The topological polar surface area (TPSA) is 77.4 Å². The highest BCUT2D eigenvalue weighted by molar-refractivity contribution is 6.59. The molecule has 52 heavy (non-hydrogen) atoms. The molecule has 0 radical (unpaired) electrons. The van der Waals surface area contributed by atoms with Crippen LogP contribution in [0, 0.1) is 23.7 Å². The first-order valence-electron chi connectivity index (χ1n) is 19.6. The van der Waals surface area contributed by atoms with Crippen LogP contribution in [0.25, 0.3) is 22.3 Å². The summed E-state index contributed by atoms with van der Waals surface area (Å²) in [7, 11) is -1.67. The maximum atomic E-state index is 11.0. The van der Waals surface area contributed by atoms with Crippen LogP contribution < -0.4 is 24.4 Å². The molecule has 4 aromatic rings. The molecule has 0 amide bonds. The molecular formula is C45H57BO6. The molecule has 7 heteroatoms. The Morgan fingerprint density at radius 2 is 0.904 bits per heavy atom. The van der Waals surface area contributed by atoms with Gasteiger partial charge in [-0.2, -0.15) is 0 Å². The van der Waals surface area contributed by atoms with Gasteiger partial charge in [0, 0.05) is 0 Å². The third-order valence-corrected chi connectivity index (χ3v) is 11.5. The first-order valence-corrected chi connectivity index (χ1v) is 19.6. The quantitative estimate of drug-likeness (QED) is 0.0922. The SMILES string of the molecule is CCC(C)COc1cc2c(cc1OCC(C)CC)C1(c3cc(OCC(C)CC)c(OCC(C)CC)cc3-2)c2ccccc2-c2cccc(B(O)O)c21. The normalized spacial score (nSPS) is 17.4. The van der Waals surface area contributed by atoms with E-state index in [4.69, 9.17) is 18.9 Å². The molecule has 0 saturated carbocycles. The number of benzene rings is 4. The summed E-state index contributed by atoms with van der Waals surface area (Å²) in [4.78, 5) is 0. The Morgan fingerprint density at radius 3 is 1.33 bits per heavy atom. The second-order valence-electron chi connectivity index (χ2n) is 15.4. The van der Waals surface area contributed by atoms with E-state index in [2.05, 4.69) is 110 Å². The first-order chi connectivity index (χ1) is 25.1. The highest BCUT2D eigenvalue weighted by Gasteiger charge is 2.54. The van der Waals surface area contributed by atoms with E-state index in [1.54, 1.807) is 0 Å². The predicted molar refractivity (Wildman–Crippen MR) is 212 cm³/mol. The summed E-state index contributed by atoms with van der Waals surface area (Å²) in [6.07, 6.45) is 4.02. The highest BCUT2D eigenvalue weighted by Crippen LogP contribution is 2.64. The lowest BCUT2D eigenvalue weighted by Gasteiger charge is -2.33. The zero-order valence-electron chi connectivity index (χ0n) is 32.4. The van der Waals surface area contributed by atoms with Crippen LogP contribution in [0.3, 0.4) is 0 Å². The lowest BCUT2D eigenvalue weighted by atomic mass is 9.64. The van der Waals surface area contributed by atoms with Gasteiger partial charge >= 0.3 is 7.12 Å². The Bertz CT molecular complexity index is 1790. The molecule has 4 atom stereocenters. The van der Waals surface area contributed by atoms with Gasteiger partial charge in [0.2, 0.25) is 0 Å². The average molecular weight is 705 g/mol. The lowest BCUT2D eigenvalue weighted by Crippen LogP contribution is -2.40. The fraction of sp³-hybridized carbons (Fsp3) is 0.467. The van der Waals surface area contributed by atoms with Crippen molar-refractivity contribution in [3.05, 3.63) is 89.0 Å². The van der Waals surface area contributed by atoms with Gasteiger partial charge in [0.1, 0.15) is 0 Å². The van der Waals surface area contributed by atoms with Crippen LogP contribution in [0.1, 0.15) is 103 Å². The van der Waals surface area contributed by atoms with E-state index in [0.717, 1.165) is 70.2 Å². The van der Waals surface area contributed by atoms with Crippen molar-refractivity contribution in [3.63, 3.8) is 0 Å². The second-order valence-corrected chi connectivity index (χ2v) is 15.4. The molecule has 4 aromatic carbocycles. The van der Waals surface area contributed by atoms with Gasteiger partial charge in [-0.3, -0.25) is 0 Å². The van der Waals surface area contributed by atoms with E-state index in [1.807, 2.05) is 12.1 Å². The molecule has 2 aliphatic carbocycles. The maximum absolute atomic E-state index is 11.0. The minimum Gasteiger partial charge on any atom is -0.489 e. The molecule has 0 aliphatic heterocycles. The number of rotatable bonds is 17. The largest absolute Gasteiger partial charge is 0.489 e. The Labute approximate surface area is 311 Å². The van der Waals surface area contributed by atoms with Crippen LogP contribution in [-0.4, -0.2) is 43.6 Å². The fourth-order valence-corrected chi connectivity index (χ4v) is 7.35. The second kappa shape index (κ2) is 16.0. The van der Waals surface area contributed by atoms with E-state index in [-0.39, 0.29) is 0 Å². The molecule has 276 valence electrons. The fourth-order valence-electron chi connectivity index (χ4n) is 7.35. The van der Waals surface area contributed by atoms with E-state index in [0.29, 0.717) is 78.6 Å². The molecule has 0 bridgehead atoms. The summed E-state index contributed by atoms with van der Waals surface area (Å²) in [6.45, 7) is 19.8. The summed E-state index contributed by atoms with van der Waals surface area (Å²) >= 11 is 0. The number of fused-ring (bicyclic) bond motifs is 10. The minimum atomic E-state index is -1.67. The van der Waals surface area contributed by atoms with Crippen LogP contribution in [0.4, 0.5) is 0 Å². The molecule has 0 saturated heterocycles. The van der Waals surface area contributed by atoms with Crippen LogP contribution >= 0.6 is 0 Å². The van der Waals surface area contributed by atoms with Crippen molar-refractivity contribution in [2.45, 2.75) is 86.5 Å². The lowest BCUT2D eigenvalue weighted by molar-refractivity contribution is 0.217. The third-order valence-electron chi connectivity index (χ3n) is 11.5. The van der Waals surface area contributed by atoms with Gasteiger partial charge in [-0.1, -0.05) is 124 Å². The number of ether oxygens (including phenoxy) is 4. The van der Waals surface area contributed by atoms with Gasteiger partial charge in [0.25, 0.3) is 0 Å². The molecule has 4 unspecified atom stereocenters. The smallest absolute Gasteiger partial charge is 0.488 e. The van der Waals surface area contributed by atoms with Crippen LogP contribution in [-0.2, 0) is 5.41 Å². The monoisotopic (exact) mass is 704 g/mol. The van der Waals surface area contributed by atoms with Gasteiger partial charge in [0.15, 0.2) is 23.0 Å². The zero-order valence-corrected chi connectivity index (χ0v) is 32.4. The minimum absolute atomic E-state index is 0.362. The van der Waals surface area contributed by atoms with Gasteiger partial charge in [-0.25, -0.2) is 0 Å². The molecule has 0 heterocycles. The highest BCUT2D eigenvalue weighted by atomic mass is 16.5. The summed E-state index contributed by atoms with van der Waals surface area (Å²) in [5.74, 6) is 4.30. The molecule has 2 N–H and O–H groups in total. The van der Waals surface area contributed by atoms with Crippen LogP contribution in [0.15, 0.2) is 66.7 Å². The Kier molecular flexibility index (Phi) is 11.6. The number of hydrogen-bond donors (Lipinski definition) is 2. The van der Waals surface area contributed by atoms with Gasteiger partial charge in [-0.05, 0) is 97.9 Å². The number of hydrogen-bond acceptors (Lipinski definition) is 6. The molecular weight excluding hydrogens is 647 g/mol. The van der Waals surface area contributed by atoms with Crippen molar-refractivity contribution in [1.29, 1.82) is 0 Å². The standard InChI is InChI=1S/C45H57BO6/c1-9-28(5)24-49-40-20-34-35-21-41(50-25-29(6)10-2)43(52-27-31(8)12-4)23-38(35)45(37(34)22-42(40)51-26-30(7)11-3)36-18-14-13-16-32(36)33-17-15-19-39(44(33)45)46(47)48/h13-23,28-31,47-48H,9-12,24-27H2,1-8H3. The van der Waals surface area contributed by atoms with E-state index < -0.39 is 12.5 Å². The van der Waals surface area contributed by atoms with E-state index in [9.17, 15) is 10.0 Å². The van der Waals surface area contributed by atoms with Crippen molar-refractivity contribution in [3.8, 4) is 45.3 Å². The molecule has 0 fully saturated rings. The van der Waals surface area contributed by atoms with Crippen LogP contribution in [0.5, 0.6) is 23.0 Å². The molecule has 6 rings (SSSR count). The zero-order chi connectivity index (χ0) is 37.2. The van der Waals surface area contributed by atoms with Crippen molar-refractivity contribution < 1.29 is 29.0 Å². The molecule has 1 spiro atoms. The van der Waals surface area contributed by atoms with E-state index in [1.165, 1.54) is 0 Å². The Morgan fingerprint density at radius 1 is 0.500 bits per heavy atom. The Hall–Kier alpha value is -3.94. The molecule has 0 aromatic heterocycles. The van der Waals surface area contributed by atoms with Crippen molar-refractivity contribution >= 4 is 12.6 Å². The maximum Gasteiger partial charge on any atom is 0.488 e. The third kappa shape index (κ3) is 6.83. The molecule has 6 nitrogen and oxygen atoms in total. The van der Waals surface area contributed by atoms with Crippen molar-refractivity contribution in [2.24, 2.45) is 23.7 Å². The Balaban J connectivity index is 1.69. The van der Waals surface area contributed by atoms with Crippen molar-refractivity contribution in [2.75, 3.05) is 26.4 Å². The van der Waals surface area contributed by atoms with E-state index >= 15 is 0 Å². The van der Waals surface area contributed by atoms with Crippen molar-refractivity contribution in [1.82, 2.24) is 0 Å². The van der Waals surface area contributed by atoms with Gasteiger partial charge < -0.3 is 29.0 Å². The average Bonchev–Trinajstić information content (AvgIpc) is 3.62. The summed E-state index contributed by atoms with van der Waals surface area (Å²) in [5, 5.41) is 22.0. The summed E-state index contributed by atoms with van der Waals surface area (Å²) in [5.41, 5.74) is 7.65. The summed E-state index contributed by atoms with van der Waals surface area (Å²) < 4.78 is 26.6. The van der Waals surface area contributed by atoms with Crippen LogP contribution in [0.2, 0.25) is 0 Å². The first kappa shape index (κ1) is 37.8. The molecule has 2 aliphatic rings. The summed E-state index contributed by atoms with van der Waals surface area (Å²) in [6, 6.07) is 22.9. The predicted octanol–water partition coefficient (Wildman–Crippen LogP) is 9.41.